The van der Waals surface area contributed by atoms with Crippen molar-refractivity contribution in [3.63, 3.8) is 0 Å². The third kappa shape index (κ3) is 6.26. The van der Waals surface area contributed by atoms with E-state index in [4.69, 9.17) is 4.74 Å². The van der Waals surface area contributed by atoms with E-state index in [0.29, 0.717) is 17.7 Å². The van der Waals surface area contributed by atoms with E-state index >= 15 is 0 Å². The summed E-state index contributed by atoms with van der Waals surface area (Å²) in [6.07, 6.45) is 4.40. The summed E-state index contributed by atoms with van der Waals surface area (Å²) in [5.41, 5.74) is 2.98. The van der Waals surface area contributed by atoms with E-state index in [1.165, 1.54) is 56.5 Å². The topological polar surface area (TPSA) is 79.0 Å². The molecule has 1 atom stereocenters. The van der Waals surface area contributed by atoms with Crippen LogP contribution >= 0.6 is 0 Å². The van der Waals surface area contributed by atoms with Gasteiger partial charge < -0.3 is 15.0 Å². The highest BCUT2D eigenvalue weighted by Crippen LogP contribution is 2.26. The van der Waals surface area contributed by atoms with Gasteiger partial charge in [0.05, 0.1) is 18.0 Å². The van der Waals surface area contributed by atoms with Gasteiger partial charge in [0.1, 0.15) is 5.75 Å². The van der Waals surface area contributed by atoms with Crippen LogP contribution < -0.4 is 15.0 Å². The van der Waals surface area contributed by atoms with Crippen LogP contribution in [-0.2, 0) is 21.2 Å². The monoisotopic (exact) mass is 473 g/mol. The SMILES string of the molecule is COc1ccc(S(=O)(=O)N(C)C)cc1CCC(=O)NC(C)c1ccc(N2CCCCC2)cc1. The molecule has 180 valence electrons. The summed E-state index contributed by atoms with van der Waals surface area (Å²) in [5.74, 6) is 0.479. The van der Waals surface area contributed by atoms with Crippen LogP contribution in [-0.4, -0.2) is 52.9 Å². The zero-order valence-electron chi connectivity index (χ0n) is 20.0. The third-order valence-corrected chi connectivity index (χ3v) is 7.95. The lowest BCUT2D eigenvalue weighted by Crippen LogP contribution is -2.29. The lowest BCUT2D eigenvalue weighted by Gasteiger charge is -2.29. The molecule has 0 bridgehead atoms. The van der Waals surface area contributed by atoms with Crippen molar-refractivity contribution in [1.29, 1.82) is 0 Å². The molecular weight excluding hydrogens is 438 g/mol. The van der Waals surface area contributed by atoms with Crippen molar-refractivity contribution in [3.8, 4) is 5.75 Å². The fraction of sp³-hybridized carbons (Fsp3) is 0.480. The fourth-order valence-corrected chi connectivity index (χ4v) is 5.05. The Bertz CT molecular complexity index is 1050. The molecule has 1 aliphatic heterocycles. The minimum Gasteiger partial charge on any atom is -0.496 e. The minimum absolute atomic E-state index is 0.0921. The van der Waals surface area contributed by atoms with Crippen LogP contribution in [0.15, 0.2) is 47.4 Å². The first-order chi connectivity index (χ1) is 15.7. The zero-order chi connectivity index (χ0) is 24.0. The number of benzene rings is 2. The molecule has 0 saturated carbocycles. The molecule has 1 heterocycles. The normalized spacial score (nSPS) is 15.4. The first kappa shape index (κ1) is 25.1. The van der Waals surface area contributed by atoms with Crippen molar-refractivity contribution < 1.29 is 17.9 Å². The van der Waals surface area contributed by atoms with E-state index in [1.807, 2.05) is 6.92 Å². The smallest absolute Gasteiger partial charge is 0.242 e. The molecule has 0 aromatic heterocycles. The number of carbonyl (C=O) groups excluding carboxylic acids is 1. The van der Waals surface area contributed by atoms with E-state index in [1.54, 1.807) is 12.1 Å². The maximum absolute atomic E-state index is 12.6. The minimum atomic E-state index is -3.56. The van der Waals surface area contributed by atoms with Gasteiger partial charge in [-0.05, 0) is 74.1 Å². The summed E-state index contributed by atoms with van der Waals surface area (Å²) >= 11 is 0. The Morgan fingerprint density at radius 3 is 2.36 bits per heavy atom. The van der Waals surface area contributed by atoms with E-state index in [9.17, 15) is 13.2 Å². The summed E-state index contributed by atoms with van der Waals surface area (Å²) in [6, 6.07) is 13.0. The number of rotatable bonds is 9. The van der Waals surface area contributed by atoms with Gasteiger partial charge in [-0.3, -0.25) is 4.79 Å². The maximum Gasteiger partial charge on any atom is 0.242 e. The first-order valence-electron chi connectivity index (χ1n) is 11.5. The highest BCUT2D eigenvalue weighted by Gasteiger charge is 2.20. The molecule has 0 aliphatic carbocycles. The van der Waals surface area contributed by atoms with E-state index in [-0.39, 0.29) is 23.3 Å². The molecule has 2 aromatic carbocycles. The van der Waals surface area contributed by atoms with Gasteiger partial charge in [-0.15, -0.1) is 0 Å². The molecule has 33 heavy (non-hydrogen) atoms. The van der Waals surface area contributed by atoms with E-state index in [2.05, 4.69) is 34.5 Å². The Balaban J connectivity index is 1.60. The number of amides is 1. The lowest BCUT2D eigenvalue weighted by atomic mass is 10.0. The number of carbonyl (C=O) groups is 1. The third-order valence-electron chi connectivity index (χ3n) is 6.14. The Morgan fingerprint density at radius 1 is 1.09 bits per heavy atom. The molecule has 1 aliphatic rings. The highest BCUT2D eigenvalue weighted by atomic mass is 32.2. The Morgan fingerprint density at radius 2 is 1.76 bits per heavy atom. The number of hydrogen-bond donors (Lipinski definition) is 1. The first-order valence-corrected chi connectivity index (χ1v) is 12.9. The number of methoxy groups -OCH3 is 1. The molecule has 8 heteroatoms. The van der Waals surface area contributed by atoms with E-state index in [0.717, 1.165) is 18.7 Å². The second-order valence-electron chi connectivity index (χ2n) is 8.69. The van der Waals surface area contributed by atoms with Gasteiger partial charge in [0, 0.05) is 39.3 Å². The van der Waals surface area contributed by atoms with Crippen LogP contribution in [0.25, 0.3) is 0 Å². The lowest BCUT2D eigenvalue weighted by molar-refractivity contribution is -0.121. The van der Waals surface area contributed by atoms with Gasteiger partial charge >= 0.3 is 0 Å². The van der Waals surface area contributed by atoms with Gasteiger partial charge in [-0.2, -0.15) is 0 Å². The van der Waals surface area contributed by atoms with Crippen LogP contribution in [0.5, 0.6) is 5.75 Å². The summed E-state index contributed by atoms with van der Waals surface area (Å²) < 4.78 is 31.4. The molecule has 7 nitrogen and oxygen atoms in total. The molecule has 3 rings (SSSR count). The average molecular weight is 474 g/mol. The zero-order valence-corrected chi connectivity index (χ0v) is 20.8. The van der Waals surface area contributed by atoms with Gasteiger partial charge in [-0.1, -0.05) is 12.1 Å². The van der Waals surface area contributed by atoms with Crippen molar-refractivity contribution in [1.82, 2.24) is 9.62 Å². The maximum atomic E-state index is 12.6. The van der Waals surface area contributed by atoms with Crippen LogP contribution in [0.1, 0.15) is 49.8 Å². The summed E-state index contributed by atoms with van der Waals surface area (Å²) in [6.45, 7) is 4.18. The van der Waals surface area contributed by atoms with Gasteiger partial charge in [0.15, 0.2) is 0 Å². The number of ether oxygens (including phenoxy) is 1. The van der Waals surface area contributed by atoms with Gasteiger partial charge in [0.2, 0.25) is 15.9 Å². The second-order valence-corrected chi connectivity index (χ2v) is 10.8. The molecule has 1 saturated heterocycles. The molecule has 1 unspecified atom stereocenters. The summed E-state index contributed by atoms with van der Waals surface area (Å²) in [4.78, 5) is 15.2. The number of sulfonamides is 1. The largest absolute Gasteiger partial charge is 0.496 e. The predicted molar refractivity (Wildman–Crippen MR) is 131 cm³/mol. The number of hydrogen-bond acceptors (Lipinski definition) is 5. The quantitative estimate of drug-likeness (QED) is 0.600. The van der Waals surface area contributed by atoms with Crippen LogP contribution in [0, 0.1) is 0 Å². The standard InChI is InChI=1S/C25H35N3O4S/c1-19(20-8-11-22(12-9-20)28-16-6-5-7-17-28)26-25(29)15-10-21-18-23(13-14-24(21)32-4)33(30,31)27(2)3/h8-9,11-14,18-19H,5-7,10,15-17H2,1-4H3,(H,26,29). The van der Waals surface area contributed by atoms with Crippen LogP contribution in [0.3, 0.4) is 0 Å². The van der Waals surface area contributed by atoms with Crippen molar-refractivity contribution in [2.45, 2.75) is 50.0 Å². The number of aryl methyl sites for hydroxylation is 1. The summed E-state index contributed by atoms with van der Waals surface area (Å²) in [5, 5.41) is 3.05. The van der Waals surface area contributed by atoms with Crippen molar-refractivity contribution in [3.05, 3.63) is 53.6 Å². The molecule has 1 amide bonds. The van der Waals surface area contributed by atoms with Crippen LogP contribution in [0.2, 0.25) is 0 Å². The van der Waals surface area contributed by atoms with Crippen molar-refractivity contribution in [2.24, 2.45) is 0 Å². The fourth-order valence-electron chi connectivity index (χ4n) is 4.09. The number of anilines is 1. The number of nitrogens with one attached hydrogen (secondary N) is 1. The Labute approximate surface area is 197 Å². The molecule has 1 fully saturated rings. The van der Waals surface area contributed by atoms with Crippen molar-refractivity contribution in [2.75, 3.05) is 39.2 Å². The molecule has 0 spiro atoms. The number of piperidine rings is 1. The molecule has 0 radical (unpaired) electrons. The van der Waals surface area contributed by atoms with E-state index < -0.39 is 10.0 Å². The molecular formula is C25H35N3O4S. The Kier molecular flexibility index (Phi) is 8.37. The predicted octanol–water partition coefficient (Wildman–Crippen LogP) is 3.75. The average Bonchev–Trinajstić information content (AvgIpc) is 2.83. The summed E-state index contributed by atoms with van der Waals surface area (Å²) in [7, 11) is 0.967. The molecule has 2 aromatic rings. The van der Waals surface area contributed by atoms with Gasteiger partial charge in [0.25, 0.3) is 0 Å². The Hall–Kier alpha value is -2.58. The van der Waals surface area contributed by atoms with Crippen molar-refractivity contribution >= 4 is 21.6 Å². The second kappa shape index (κ2) is 11.0. The van der Waals surface area contributed by atoms with Gasteiger partial charge in [-0.25, -0.2) is 12.7 Å². The highest BCUT2D eigenvalue weighted by molar-refractivity contribution is 7.89. The number of nitrogens with zero attached hydrogens (tertiary/aromatic N) is 2. The molecule has 1 N–H and O–H groups in total. The van der Waals surface area contributed by atoms with Crippen LogP contribution in [0.4, 0.5) is 5.69 Å².